The molecule has 0 aliphatic carbocycles. The van der Waals surface area contributed by atoms with Crippen molar-refractivity contribution in [2.75, 3.05) is 13.1 Å². The Balaban J connectivity index is 2.44. The van der Waals surface area contributed by atoms with Crippen molar-refractivity contribution in [3.8, 4) is 0 Å². The van der Waals surface area contributed by atoms with E-state index in [4.69, 9.17) is 0 Å². The van der Waals surface area contributed by atoms with E-state index in [1.165, 1.54) is 11.1 Å². The molecule has 1 aromatic carbocycles. The lowest BCUT2D eigenvalue weighted by atomic mass is 9.75. The summed E-state index contributed by atoms with van der Waals surface area (Å²) in [6.07, 6.45) is 0.804. The third-order valence-corrected chi connectivity index (χ3v) is 3.81. The normalized spacial score (nSPS) is 30.4. The molecule has 1 aromatic rings. The van der Waals surface area contributed by atoms with Crippen molar-refractivity contribution in [1.82, 2.24) is 5.32 Å². The molecule has 0 radical (unpaired) electrons. The first kappa shape index (κ1) is 11.6. The first-order valence-corrected chi connectivity index (χ1v) is 6.05. The summed E-state index contributed by atoms with van der Waals surface area (Å²) in [6.45, 7) is 8.07. The minimum absolute atomic E-state index is 0.266. The summed E-state index contributed by atoms with van der Waals surface area (Å²) < 4.78 is 0. The summed E-state index contributed by atoms with van der Waals surface area (Å²) in [6, 6.07) is 6.35. The Morgan fingerprint density at radius 1 is 1.38 bits per heavy atom. The molecule has 88 valence electrons. The molecule has 0 amide bonds. The van der Waals surface area contributed by atoms with Crippen LogP contribution >= 0.6 is 0 Å². The Morgan fingerprint density at radius 3 is 2.81 bits per heavy atom. The van der Waals surface area contributed by atoms with Gasteiger partial charge in [-0.15, -0.1) is 0 Å². The lowest BCUT2D eigenvalue weighted by Gasteiger charge is -2.40. The maximum atomic E-state index is 10.9. The summed E-state index contributed by atoms with van der Waals surface area (Å²) in [5.74, 6) is 0.266. The Kier molecular flexibility index (Phi) is 3.04. The van der Waals surface area contributed by atoms with Crippen LogP contribution in [0.4, 0.5) is 0 Å². The number of hydrogen-bond acceptors (Lipinski definition) is 2. The van der Waals surface area contributed by atoms with E-state index in [9.17, 15) is 5.11 Å². The number of hydrogen-bond donors (Lipinski definition) is 2. The molecule has 1 saturated heterocycles. The van der Waals surface area contributed by atoms with E-state index in [0.29, 0.717) is 0 Å². The highest BCUT2D eigenvalue weighted by molar-refractivity contribution is 5.36. The predicted octanol–water partition coefficient (Wildman–Crippen LogP) is 2.12. The zero-order valence-corrected chi connectivity index (χ0v) is 10.4. The summed E-state index contributed by atoms with van der Waals surface area (Å²) >= 11 is 0. The van der Waals surface area contributed by atoms with Gasteiger partial charge in [0.2, 0.25) is 0 Å². The van der Waals surface area contributed by atoms with Crippen molar-refractivity contribution < 1.29 is 5.11 Å². The molecule has 2 rings (SSSR count). The zero-order valence-electron chi connectivity index (χ0n) is 10.4. The van der Waals surface area contributed by atoms with Gasteiger partial charge in [-0.3, -0.25) is 0 Å². The molecule has 0 bridgehead atoms. The standard InChI is InChI=1S/C14H21NO/c1-10-4-5-11(2)13(8-10)14(16)6-7-15-9-12(14)3/h4-5,8,12,15-16H,6-7,9H2,1-3H3. The Bertz CT molecular complexity index is 388. The predicted molar refractivity (Wildman–Crippen MR) is 66.5 cm³/mol. The maximum absolute atomic E-state index is 10.9. The molecule has 0 saturated carbocycles. The van der Waals surface area contributed by atoms with Crippen molar-refractivity contribution in [3.63, 3.8) is 0 Å². The van der Waals surface area contributed by atoms with Crippen LogP contribution in [0.3, 0.4) is 0 Å². The molecular formula is C14H21NO. The molecule has 0 spiro atoms. The number of piperidine rings is 1. The molecule has 2 heteroatoms. The quantitative estimate of drug-likeness (QED) is 0.758. The monoisotopic (exact) mass is 219 g/mol. The van der Waals surface area contributed by atoms with E-state index < -0.39 is 5.60 Å². The van der Waals surface area contributed by atoms with Gasteiger partial charge in [-0.25, -0.2) is 0 Å². The molecule has 2 nitrogen and oxygen atoms in total. The minimum Gasteiger partial charge on any atom is -0.385 e. The van der Waals surface area contributed by atoms with Gasteiger partial charge in [-0.05, 0) is 37.9 Å². The van der Waals surface area contributed by atoms with Gasteiger partial charge in [-0.1, -0.05) is 30.7 Å². The highest BCUT2D eigenvalue weighted by Gasteiger charge is 2.38. The van der Waals surface area contributed by atoms with Crippen LogP contribution in [-0.2, 0) is 5.60 Å². The molecule has 2 unspecified atom stereocenters. The highest BCUT2D eigenvalue weighted by Crippen LogP contribution is 2.36. The molecular weight excluding hydrogens is 198 g/mol. The third kappa shape index (κ3) is 1.87. The van der Waals surface area contributed by atoms with Crippen LogP contribution in [0.1, 0.15) is 30.0 Å². The molecule has 2 atom stereocenters. The van der Waals surface area contributed by atoms with Crippen LogP contribution in [-0.4, -0.2) is 18.2 Å². The summed E-state index contributed by atoms with van der Waals surface area (Å²) in [5, 5.41) is 14.2. The highest BCUT2D eigenvalue weighted by atomic mass is 16.3. The van der Waals surface area contributed by atoms with Gasteiger partial charge in [0, 0.05) is 12.5 Å². The smallest absolute Gasteiger partial charge is 0.0948 e. The summed E-state index contributed by atoms with van der Waals surface area (Å²) in [5.41, 5.74) is 2.88. The molecule has 1 aliphatic rings. The van der Waals surface area contributed by atoms with E-state index >= 15 is 0 Å². The Hall–Kier alpha value is -0.860. The van der Waals surface area contributed by atoms with Gasteiger partial charge < -0.3 is 10.4 Å². The Morgan fingerprint density at radius 2 is 2.12 bits per heavy atom. The van der Waals surface area contributed by atoms with E-state index in [-0.39, 0.29) is 5.92 Å². The average molecular weight is 219 g/mol. The number of aliphatic hydroxyl groups is 1. The van der Waals surface area contributed by atoms with E-state index in [1.807, 2.05) is 0 Å². The first-order chi connectivity index (χ1) is 7.54. The van der Waals surface area contributed by atoms with Gasteiger partial charge in [0.1, 0.15) is 0 Å². The van der Waals surface area contributed by atoms with Gasteiger partial charge in [0.05, 0.1) is 5.60 Å². The fourth-order valence-electron chi connectivity index (χ4n) is 2.62. The van der Waals surface area contributed by atoms with Gasteiger partial charge in [0.15, 0.2) is 0 Å². The van der Waals surface area contributed by atoms with Crippen molar-refractivity contribution in [2.45, 2.75) is 32.8 Å². The van der Waals surface area contributed by atoms with E-state index in [1.54, 1.807) is 0 Å². The van der Waals surface area contributed by atoms with Gasteiger partial charge >= 0.3 is 0 Å². The number of benzene rings is 1. The van der Waals surface area contributed by atoms with Crippen molar-refractivity contribution in [1.29, 1.82) is 0 Å². The van der Waals surface area contributed by atoms with Crippen LogP contribution in [0, 0.1) is 19.8 Å². The molecule has 1 fully saturated rings. The van der Waals surface area contributed by atoms with E-state index in [0.717, 1.165) is 25.1 Å². The number of nitrogens with one attached hydrogen (secondary N) is 1. The minimum atomic E-state index is -0.651. The van der Waals surface area contributed by atoms with Crippen LogP contribution in [0.25, 0.3) is 0 Å². The number of aryl methyl sites for hydroxylation is 2. The summed E-state index contributed by atoms with van der Waals surface area (Å²) in [4.78, 5) is 0. The van der Waals surface area contributed by atoms with Crippen molar-refractivity contribution in [3.05, 3.63) is 34.9 Å². The lowest BCUT2D eigenvalue weighted by molar-refractivity contribution is -0.0397. The molecule has 1 heterocycles. The fourth-order valence-corrected chi connectivity index (χ4v) is 2.62. The van der Waals surface area contributed by atoms with Crippen LogP contribution < -0.4 is 5.32 Å². The Labute approximate surface area is 97.7 Å². The lowest BCUT2D eigenvalue weighted by Crippen LogP contribution is -2.47. The zero-order chi connectivity index (χ0) is 11.8. The second-order valence-electron chi connectivity index (χ2n) is 5.10. The fraction of sp³-hybridized carbons (Fsp3) is 0.571. The third-order valence-electron chi connectivity index (χ3n) is 3.81. The van der Waals surface area contributed by atoms with E-state index in [2.05, 4.69) is 44.3 Å². The second kappa shape index (κ2) is 4.19. The van der Waals surface area contributed by atoms with Crippen LogP contribution in [0.2, 0.25) is 0 Å². The average Bonchev–Trinajstić information content (AvgIpc) is 2.26. The molecule has 2 N–H and O–H groups in total. The molecule has 0 aromatic heterocycles. The van der Waals surface area contributed by atoms with Crippen LogP contribution in [0.5, 0.6) is 0 Å². The van der Waals surface area contributed by atoms with Crippen LogP contribution in [0.15, 0.2) is 18.2 Å². The topological polar surface area (TPSA) is 32.3 Å². The van der Waals surface area contributed by atoms with Gasteiger partial charge in [-0.2, -0.15) is 0 Å². The summed E-state index contributed by atoms with van der Waals surface area (Å²) in [7, 11) is 0. The molecule has 16 heavy (non-hydrogen) atoms. The van der Waals surface area contributed by atoms with Gasteiger partial charge in [0.25, 0.3) is 0 Å². The molecule has 1 aliphatic heterocycles. The largest absolute Gasteiger partial charge is 0.385 e. The first-order valence-electron chi connectivity index (χ1n) is 6.05. The second-order valence-corrected chi connectivity index (χ2v) is 5.10. The van der Waals surface area contributed by atoms with Crippen molar-refractivity contribution >= 4 is 0 Å². The SMILES string of the molecule is Cc1ccc(C)c(C2(O)CCNCC2C)c1. The maximum Gasteiger partial charge on any atom is 0.0948 e. The number of rotatable bonds is 1. The van der Waals surface area contributed by atoms with Crippen molar-refractivity contribution in [2.24, 2.45) is 5.92 Å².